The van der Waals surface area contributed by atoms with Crippen molar-refractivity contribution in [3.63, 3.8) is 0 Å². The first-order chi connectivity index (χ1) is 9.84. The Morgan fingerprint density at radius 3 is 2.76 bits per heavy atom. The SMILES string of the molecule is CCN(CC(=O)NC1(C)CCS(=O)(=O)C1)C1CCCNC1. The van der Waals surface area contributed by atoms with E-state index in [9.17, 15) is 13.2 Å². The Kier molecular flexibility index (Phi) is 5.27. The Bertz CT molecular complexity index is 474. The summed E-state index contributed by atoms with van der Waals surface area (Å²) >= 11 is 0. The summed E-state index contributed by atoms with van der Waals surface area (Å²) in [5.41, 5.74) is -0.597. The third-order valence-corrected chi connectivity index (χ3v) is 6.39. The van der Waals surface area contributed by atoms with Crippen LogP contribution in [0.3, 0.4) is 0 Å². The molecule has 6 nitrogen and oxygen atoms in total. The predicted molar refractivity (Wildman–Crippen MR) is 83.0 cm³/mol. The maximum atomic E-state index is 12.3. The molecule has 0 aromatic carbocycles. The Labute approximate surface area is 127 Å². The molecule has 2 unspecified atom stereocenters. The van der Waals surface area contributed by atoms with Crippen LogP contribution in [-0.4, -0.2) is 68.5 Å². The second-order valence-electron chi connectivity index (χ2n) is 6.51. The van der Waals surface area contributed by atoms with E-state index in [1.807, 2.05) is 6.92 Å². The molecule has 2 fully saturated rings. The van der Waals surface area contributed by atoms with Crippen LogP contribution < -0.4 is 10.6 Å². The molecule has 0 aliphatic carbocycles. The van der Waals surface area contributed by atoms with Crippen molar-refractivity contribution in [1.29, 1.82) is 0 Å². The summed E-state index contributed by atoms with van der Waals surface area (Å²) in [4.78, 5) is 14.4. The van der Waals surface area contributed by atoms with E-state index in [1.54, 1.807) is 0 Å². The van der Waals surface area contributed by atoms with Gasteiger partial charge in [0.25, 0.3) is 0 Å². The largest absolute Gasteiger partial charge is 0.349 e. The molecule has 0 aromatic heterocycles. The molecule has 0 saturated carbocycles. The molecule has 2 atom stereocenters. The van der Waals surface area contributed by atoms with Gasteiger partial charge in [0.2, 0.25) is 5.91 Å². The number of carbonyl (C=O) groups is 1. The molecule has 2 rings (SSSR count). The summed E-state index contributed by atoms with van der Waals surface area (Å²) in [5, 5.41) is 6.30. The highest BCUT2D eigenvalue weighted by Crippen LogP contribution is 2.22. The van der Waals surface area contributed by atoms with Gasteiger partial charge in [0.1, 0.15) is 0 Å². The Morgan fingerprint density at radius 2 is 2.24 bits per heavy atom. The summed E-state index contributed by atoms with van der Waals surface area (Å²) in [6, 6.07) is 0.398. The van der Waals surface area contributed by atoms with Crippen molar-refractivity contribution < 1.29 is 13.2 Å². The number of carbonyl (C=O) groups excluding carboxylic acids is 1. The van der Waals surface area contributed by atoms with Crippen LogP contribution in [0.5, 0.6) is 0 Å². The minimum absolute atomic E-state index is 0.0584. The Morgan fingerprint density at radius 1 is 1.48 bits per heavy atom. The van der Waals surface area contributed by atoms with Gasteiger partial charge in [-0.05, 0) is 39.3 Å². The molecule has 7 heteroatoms. The average molecular weight is 317 g/mol. The van der Waals surface area contributed by atoms with Gasteiger partial charge in [0, 0.05) is 12.6 Å². The number of piperidine rings is 1. The minimum atomic E-state index is -2.99. The molecule has 2 aliphatic heterocycles. The normalized spacial score (nSPS) is 32.2. The fraction of sp³-hybridized carbons (Fsp3) is 0.929. The first-order valence-corrected chi connectivity index (χ1v) is 9.62. The number of hydrogen-bond acceptors (Lipinski definition) is 5. The van der Waals surface area contributed by atoms with E-state index in [0.29, 0.717) is 19.0 Å². The van der Waals surface area contributed by atoms with Crippen LogP contribution in [-0.2, 0) is 14.6 Å². The number of amides is 1. The van der Waals surface area contributed by atoms with Gasteiger partial charge in [0.15, 0.2) is 9.84 Å². The van der Waals surface area contributed by atoms with Crippen LogP contribution in [0.1, 0.15) is 33.1 Å². The highest BCUT2D eigenvalue weighted by molar-refractivity contribution is 7.91. The molecule has 2 N–H and O–H groups in total. The molecule has 21 heavy (non-hydrogen) atoms. The van der Waals surface area contributed by atoms with Crippen LogP contribution in [0, 0.1) is 0 Å². The van der Waals surface area contributed by atoms with E-state index in [1.165, 1.54) is 0 Å². The van der Waals surface area contributed by atoms with Gasteiger partial charge in [-0.2, -0.15) is 0 Å². The fourth-order valence-electron chi connectivity index (χ4n) is 3.31. The number of likely N-dealkylation sites (N-methyl/N-ethyl adjacent to an activating group) is 1. The molecule has 2 aliphatic rings. The molecule has 0 aromatic rings. The zero-order valence-electron chi connectivity index (χ0n) is 13.0. The van der Waals surface area contributed by atoms with Gasteiger partial charge in [-0.3, -0.25) is 9.69 Å². The van der Waals surface area contributed by atoms with Crippen LogP contribution in [0.15, 0.2) is 0 Å². The monoisotopic (exact) mass is 317 g/mol. The standard InChI is InChI=1S/C14H27N3O3S/c1-3-17(12-5-4-7-15-9-12)10-13(18)16-14(2)6-8-21(19,20)11-14/h12,15H,3-11H2,1-2H3,(H,16,18). The topological polar surface area (TPSA) is 78.5 Å². The zero-order chi connectivity index (χ0) is 15.5. The highest BCUT2D eigenvalue weighted by atomic mass is 32.2. The predicted octanol–water partition coefficient (Wildman–Crippen LogP) is -0.246. The molecule has 0 radical (unpaired) electrons. The molecule has 2 saturated heterocycles. The number of nitrogens with zero attached hydrogens (tertiary/aromatic N) is 1. The smallest absolute Gasteiger partial charge is 0.234 e. The van der Waals surface area contributed by atoms with Crippen LogP contribution >= 0.6 is 0 Å². The van der Waals surface area contributed by atoms with Crippen molar-refractivity contribution in [3.8, 4) is 0 Å². The molecule has 2 heterocycles. The van der Waals surface area contributed by atoms with E-state index < -0.39 is 15.4 Å². The third kappa shape index (κ3) is 4.66. The quantitative estimate of drug-likeness (QED) is 0.731. The molecule has 0 spiro atoms. The van der Waals surface area contributed by atoms with Crippen molar-refractivity contribution >= 4 is 15.7 Å². The van der Waals surface area contributed by atoms with E-state index in [2.05, 4.69) is 22.5 Å². The van der Waals surface area contributed by atoms with Crippen molar-refractivity contribution in [3.05, 3.63) is 0 Å². The lowest BCUT2D eigenvalue weighted by Crippen LogP contribution is -2.53. The van der Waals surface area contributed by atoms with Gasteiger partial charge in [0.05, 0.1) is 23.6 Å². The number of hydrogen-bond donors (Lipinski definition) is 2. The minimum Gasteiger partial charge on any atom is -0.349 e. The lowest BCUT2D eigenvalue weighted by Gasteiger charge is -2.34. The van der Waals surface area contributed by atoms with Gasteiger partial charge >= 0.3 is 0 Å². The maximum Gasteiger partial charge on any atom is 0.234 e. The van der Waals surface area contributed by atoms with Crippen molar-refractivity contribution in [2.75, 3.05) is 37.7 Å². The summed E-state index contributed by atoms with van der Waals surface area (Å²) in [7, 11) is -2.99. The molecule has 0 bridgehead atoms. The molecule has 122 valence electrons. The first kappa shape index (κ1) is 16.7. The van der Waals surface area contributed by atoms with Crippen molar-refractivity contribution in [2.45, 2.75) is 44.7 Å². The second-order valence-corrected chi connectivity index (χ2v) is 8.70. The van der Waals surface area contributed by atoms with Gasteiger partial charge < -0.3 is 10.6 Å². The van der Waals surface area contributed by atoms with E-state index in [-0.39, 0.29) is 17.4 Å². The third-order valence-electron chi connectivity index (χ3n) is 4.48. The van der Waals surface area contributed by atoms with Crippen LogP contribution in [0.4, 0.5) is 0 Å². The Hall–Kier alpha value is -0.660. The van der Waals surface area contributed by atoms with Gasteiger partial charge in [-0.25, -0.2) is 8.42 Å². The summed E-state index contributed by atoms with van der Waals surface area (Å²) in [6.07, 6.45) is 2.76. The lowest BCUT2D eigenvalue weighted by atomic mass is 10.0. The first-order valence-electron chi connectivity index (χ1n) is 7.80. The van der Waals surface area contributed by atoms with Crippen molar-refractivity contribution in [1.82, 2.24) is 15.5 Å². The summed E-state index contributed by atoms with van der Waals surface area (Å²) in [6.45, 7) is 7.04. The molecule has 1 amide bonds. The lowest BCUT2D eigenvalue weighted by molar-refractivity contribution is -0.124. The van der Waals surface area contributed by atoms with Gasteiger partial charge in [-0.15, -0.1) is 0 Å². The van der Waals surface area contributed by atoms with Gasteiger partial charge in [-0.1, -0.05) is 6.92 Å². The van der Waals surface area contributed by atoms with E-state index in [4.69, 9.17) is 0 Å². The number of nitrogens with one attached hydrogen (secondary N) is 2. The Balaban J connectivity index is 1.88. The zero-order valence-corrected chi connectivity index (χ0v) is 13.8. The van der Waals surface area contributed by atoms with E-state index >= 15 is 0 Å². The summed E-state index contributed by atoms with van der Waals surface area (Å²) in [5.74, 6) is 0.165. The van der Waals surface area contributed by atoms with E-state index in [0.717, 1.165) is 32.5 Å². The molecular weight excluding hydrogens is 290 g/mol. The maximum absolute atomic E-state index is 12.3. The second kappa shape index (κ2) is 6.62. The number of sulfone groups is 1. The number of rotatable bonds is 5. The average Bonchev–Trinajstić information content (AvgIpc) is 2.70. The van der Waals surface area contributed by atoms with Crippen molar-refractivity contribution in [2.24, 2.45) is 0 Å². The van der Waals surface area contributed by atoms with Crippen LogP contribution in [0.25, 0.3) is 0 Å². The fourth-order valence-corrected chi connectivity index (χ4v) is 5.41. The summed E-state index contributed by atoms with van der Waals surface area (Å²) < 4.78 is 23.2. The highest BCUT2D eigenvalue weighted by Gasteiger charge is 2.39. The van der Waals surface area contributed by atoms with Crippen LogP contribution in [0.2, 0.25) is 0 Å². The molecular formula is C14H27N3O3S.